The van der Waals surface area contributed by atoms with Gasteiger partial charge in [0.2, 0.25) is 0 Å². The molecule has 2 N–H and O–H groups in total. The Morgan fingerprint density at radius 3 is 2.69 bits per heavy atom. The van der Waals surface area contributed by atoms with Crippen LogP contribution in [0.25, 0.3) is 6.08 Å². The summed E-state index contributed by atoms with van der Waals surface area (Å²) in [5, 5.41) is 18.8. The predicted octanol–water partition coefficient (Wildman–Crippen LogP) is 4.14. The Balaban J connectivity index is 1.90. The number of hydrogen-bond acceptors (Lipinski definition) is 3. The van der Waals surface area contributed by atoms with Crippen LogP contribution in [0.4, 0.5) is 4.39 Å². The Labute approximate surface area is 153 Å². The molecule has 0 bridgehead atoms. The smallest absolute Gasteiger partial charge is 0.303 e. The van der Waals surface area contributed by atoms with Gasteiger partial charge < -0.3 is 10.2 Å². The number of aryl methyl sites for hydroxylation is 1. The number of unbranched alkanes of at least 4 members (excludes halogenated alkanes) is 3. The molecule has 2 rings (SSSR count). The summed E-state index contributed by atoms with van der Waals surface area (Å²) in [6.45, 7) is 1.70. The molecule has 0 amide bonds. The van der Waals surface area contributed by atoms with E-state index in [2.05, 4.69) is 0 Å². The average molecular weight is 362 g/mol. The zero-order valence-corrected chi connectivity index (χ0v) is 15.2. The lowest BCUT2D eigenvalue weighted by Crippen LogP contribution is -2.18. The van der Waals surface area contributed by atoms with Crippen molar-refractivity contribution < 1.29 is 24.2 Å². The van der Waals surface area contributed by atoms with Gasteiger partial charge in [-0.2, -0.15) is 0 Å². The predicted molar refractivity (Wildman–Crippen MR) is 98.1 cm³/mol. The summed E-state index contributed by atoms with van der Waals surface area (Å²) >= 11 is 0. The molecule has 5 heteroatoms. The van der Waals surface area contributed by atoms with E-state index >= 15 is 0 Å². The maximum Gasteiger partial charge on any atom is 0.303 e. The van der Waals surface area contributed by atoms with Crippen molar-refractivity contribution in [1.82, 2.24) is 0 Å². The number of carboxylic acid groups (broad SMARTS) is 1. The Hall–Kier alpha value is -2.01. The van der Waals surface area contributed by atoms with E-state index in [0.717, 1.165) is 24.8 Å². The van der Waals surface area contributed by atoms with Gasteiger partial charge in [0.15, 0.2) is 0 Å². The third-order valence-corrected chi connectivity index (χ3v) is 5.08. The van der Waals surface area contributed by atoms with Gasteiger partial charge in [-0.25, -0.2) is 4.39 Å². The Morgan fingerprint density at radius 1 is 1.27 bits per heavy atom. The maximum atomic E-state index is 13.3. The largest absolute Gasteiger partial charge is 0.481 e. The summed E-state index contributed by atoms with van der Waals surface area (Å²) in [4.78, 5) is 22.7. The molecule has 0 aliphatic heterocycles. The van der Waals surface area contributed by atoms with E-state index in [1.807, 2.05) is 12.2 Å². The van der Waals surface area contributed by atoms with Gasteiger partial charge in [-0.1, -0.05) is 37.5 Å². The molecular weight excluding hydrogens is 335 g/mol. The highest BCUT2D eigenvalue weighted by molar-refractivity contribution is 5.84. The number of benzene rings is 1. The first-order chi connectivity index (χ1) is 12.4. The number of carboxylic acids is 1. The number of aliphatic carboxylic acids is 1. The molecule has 0 radical (unpaired) electrons. The second-order valence-corrected chi connectivity index (χ2v) is 7.14. The van der Waals surface area contributed by atoms with Gasteiger partial charge in [-0.05, 0) is 43.0 Å². The van der Waals surface area contributed by atoms with E-state index in [1.165, 1.54) is 6.07 Å². The molecule has 1 aromatic rings. The van der Waals surface area contributed by atoms with Crippen molar-refractivity contribution in [3.8, 4) is 0 Å². The number of carbonyl (C=O) groups excluding carboxylic acids is 1. The third kappa shape index (κ3) is 5.77. The van der Waals surface area contributed by atoms with E-state index < -0.39 is 12.1 Å². The molecule has 0 saturated heterocycles. The second kappa shape index (κ2) is 9.62. The lowest BCUT2D eigenvalue weighted by Gasteiger charge is -2.17. The van der Waals surface area contributed by atoms with Crippen LogP contribution in [0.2, 0.25) is 0 Å². The summed E-state index contributed by atoms with van der Waals surface area (Å²) in [7, 11) is 0. The van der Waals surface area contributed by atoms with Gasteiger partial charge in [0.1, 0.15) is 11.6 Å². The van der Waals surface area contributed by atoms with Gasteiger partial charge in [0.05, 0.1) is 6.10 Å². The number of ketones is 1. The summed E-state index contributed by atoms with van der Waals surface area (Å²) in [6.07, 6.45) is 7.36. The first-order valence-corrected chi connectivity index (χ1v) is 9.25. The summed E-state index contributed by atoms with van der Waals surface area (Å²) in [5.74, 6) is -1.35. The van der Waals surface area contributed by atoms with E-state index in [1.54, 1.807) is 19.1 Å². The quantitative estimate of drug-likeness (QED) is 0.648. The molecule has 0 aromatic heterocycles. The molecule has 1 fully saturated rings. The highest BCUT2D eigenvalue weighted by Crippen LogP contribution is 2.34. The number of rotatable bonds is 9. The van der Waals surface area contributed by atoms with Crippen LogP contribution >= 0.6 is 0 Å². The number of hydrogen-bond donors (Lipinski definition) is 2. The van der Waals surface area contributed by atoms with Crippen LogP contribution in [-0.2, 0) is 9.59 Å². The average Bonchev–Trinajstić information content (AvgIpc) is 2.85. The molecular formula is C21H27FO4. The summed E-state index contributed by atoms with van der Waals surface area (Å²) in [6, 6.07) is 4.84. The normalized spacial score (nSPS) is 23.0. The maximum absolute atomic E-state index is 13.3. The number of aliphatic hydroxyl groups is 1. The Morgan fingerprint density at radius 2 is 2.00 bits per heavy atom. The Kier molecular flexibility index (Phi) is 7.51. The highest BCUT2D eigenvalue weighted by Gasteiger charge is 2.39. The molecule has 0 heterocycles. The minimum atomic E-state index is -0.777. The fourth-order valence-electron chi connectivity index (χ4n) is 3.58. The molecule has 26 heavy (non-hydrogen) atoms. The molecule has 4 nitrogen and oxygen atoms in total. The molecule has 3 atom stereocenters. The zero-order valence-electron chi connectivity index (χ0n) is 15.2. The second-order valence-electron chi connectivity index (χ2n) is 7.14. The van der Waals surface area contributed by atoms with Crippen LogP contribution in [0.3, 0.4) is 0 Å². The molecule has 1 aromatic carbocycles. The summed E-state index contributed by atoms with van der Waals surface area (Å²) in [5.41, 5.74) is 1.41. The first-order valence-electron chi connectivity index (χ1n) is 9.25. The molecule has 142 valence electrons. The van der Waals surface area contributed by atoms with E-state index in [-0.39, 0.29) is 36.3 Å². The lowest BCUT2D eigenvalue weighted by atomic mass is 9.88. The lowest BCUT2D eigenvalue weighted by molar-refractivity contribution is -0.137. The molecule has 1 saturated carbocycles. The van der Waals surface area contributed by atoms with Gasteiger partial charge in [0.25, 0.3) is 0 Å². The molecule has 1 aliphatic rings. The van der Waals surface area contributed by atoms with Gasteiger partial charge in [-0.15, -0.1) is 0 Å². The monoisotopic (exact) mass is 362 g/mol. The number of aliphatic hydroxyl groups excluding tert-OH is 1. The van der Waals surface area contributed by atoms with Crippen molar-refractivity contribution in [2.24, 2.45) is 11.8 Å². The highest BCUT2D eigenvalue weighted by atomic mass is 19.1. The zero-order chi connectivity index (χ0) is 19.1. The van der Waals surface area contributed by atoms with Crippen LogP contribution in [0, 0.1) is 24.6 Å². The van der Waals surface area contributed by atoms with Gasteiger partial charge in [-0.3, -0.25) is 9.59 Å². The number of Topliss-reactive ketones (excluding diaryl/α,β-unsaturated/α-hetero) is 1. The fraction of sp³-hybridized carbons (Fsp3) is 0.524. The minimum absolute atomic E-state index is 0.0907. The standard InChI is InChI=1S/C21H27FO4/c1-14-12-15(9-11-18(14)22)8-10-17-16(19(23)13-20(17)24)6-4-2-3-5-7-21(25)26/h8-12,16-17,20,24H,2-7,13H2,1H3,(H,25,26)/b10-8+. The SMILES string of the molecule is Cc1cc(/C=C/C2C(O)CC(=O)C2CCCCCCC(=O)O)ccc1F. The van der Waals surface area contributed by atoms with Gasteiger partial charge >= 0.3 is 5.97 Å². The fourth-order valence-corrected chi connectivity index (χ4v) is 3.58. The van der Waals surface area contributed by atoms with Gasteiger partial charge in [0, 0.05) is 24.7 Å². The Bertz CT molecular complexity index is 668. The topological polar surface area (TPSA) is 74.6 Å². The first kappa shape index (κ1) is 20.3. The van der Waals surface area contributed by atoms with Crippen molar-refractivity contribution in [2.75, 3.05) is 0 Å². The van der Waals surface area contributed by atoms with Crippen molar-refractivity contribution >= 4 is 17.8 Å². The molecule has 3 unspecified atom stereocenters. The number of halogens is 1. The molecule has 1 aliphatic carbocycles. The third-order valence-electron chi connectivity index (χ3n) is 5.08. The van der Waals surface area contributed by atoms with Crippen LogP contribution in [0.15, 0.2) is 24.3 Å². The molecule has 0 spiro atoms. The van der Waals surface area contributed by atoms with E-state index in [9.17, 15) is 19.1 Å². The van der Waals surface area contributed by atoms with Crippen molar-refractivity contribution in [1.29, 1.82) is 0 Å². The van der Waals surface area contributed by atoms with Crippen LogP contribution in [-0.4, -0.2) is 28.1 Å². The van der Waals surface area contributed by atoms with Crippen LogP contribution < -0.4 is 0 Å². The van der Waals surface area contributed by atoms with Crippen LogP contribution in [0.5, 0.6) is 0 Å². The van der Waals surface area contributed by atoms with Crippen molar-refractivity contribution in [3.63, 3.8) is 0 Å². The van der Waals surface area contributed by atoms with Crippen LogP contribution in [0.1, 0.15) is 56.1 Å². The van der Waals surface area contributed by atoms with Crippen molar-refractivity contribution in [3.05, 3.63) is 41.2 Å². The minimum Gasteiger partial charge on any atom is -0.481 e. The van der Waals surface area contributed by atoms with Crippen molar-refractivity contribution in [2.45, 2.75) is 58.0 Å². The number of carbonyl (C=O) groups is 2. The summed E-state index contributed by atoms with van der Waals surface area (Å²) < 4.78 is 13.3. The van der Waals surface area contributed by atoms with E-state index in [0.29, 0.717) is 18.4 Å². The van der Waals surface area contributed by atoms with E-state index in [4.69, 9.17) is 5.11 Å².